The van der Waals surface area contributed by atoms with Crippen LogP contribution in [0.2, 0.25) is 0 Å². The zero-order valence-electron chi connectivity index (χ0n) is 35.0. The Labute approximate surface area is 336 Å². The van der Waals surface area contributed by atoms with E-state index in [0.29, 0.717) is 43.9 Å². The number of amides is 5. The summed E-state index contributed by atoms with van der Waals surface area (Å²) in [6, 6.07) is 3.77. The summed E-state index contributed by atoms with van der Waals surface area (Å²) in [6.45, 7) is 15.8. The molecule has 0 saturated carbocycles. The van der Waals surface area contributed by atoms with Crippen molar-refractivity contribution in [3.63, 3.8) is 0 Å². The van der Waals surface area contributed by atoms with Crippen LogP contribution in [0.4, 0.5) is 5.13 Å². The number of nitrogens with one attached hydrogen (secondary N) is 2. The third-order valence-electron chi connectivity index (χ3n) is 10.9. The van der Waals surface area contributed by atoms with Gasteiger partial charge in [-0.05, 0) is 75.6 Å². The lowest BCUT2D eigenvalue weighted by atomic mass is 9.96. The molecule has 4 rings (SSSR count). The van der Waals surface area contributed by atoms with Crippen molar-refractivity contribution in [2.45, 2.75) is 124 Å². The standard InChI is InChI=1S/C41H63N7O7S/c1-23(2)30(22-32(49)43-41-42-27-16-12-13-19-31(27)56-41)55-40(54)29-18-15-21-48(29)37(51)28-17-14-20-47(28)39(53)35(26(7)8)46(11)38(52)33(24(3)4)44-36(50)34(25(5)6)45(9)10/h12-13,16,19,23-26,28-30,33-35H,14-15,17-18,20-22H2,1-11H3,(H,44,50)(H,42,43,49). The molecule has 0 spiro atoms. The predicted octanol–water partition coefficient (Wildman–Crippen LogP) is 4.38. The summed E-state index contributed by atoms with van der Waals surface area (Å²) < 4.78 is 6.90. The Kier molecular flexibility index (Phi) is 15.4. The van der Waals surface area contributed by atoms with Gasteiger partial charge >= 0.3 is 5.97 Å². The molecule has 2 aromatic rings. The first kappa shape index (κ1) is 44.6. The molecule has 2 fully saturated rings. The van der Waals surface area contributed by atoms with Gasteiger partial charge in [-0.1, -0.05) is 78.9 Å². The van der Waals surface area contributed by atoms with Crippen LogP contribution < -0.4 is 10.6 Å². The molecule has 0 aliphatic carbocycles. The highest BCUT2D eigenvalue weighted by molar-refractivity contribution is 7.22. The van der Waals surface area contributed by atoms with Crippen LogP contribution in [0.25, 0.3) is 10.2 Å². The number of anilines is 1. The van der Waals surface area contributed by atoms with Gasteiger partial charge in [0, 0.05) is 20.1 Å². The number of hydrogen-bond donors (Lipinski definition) is 2. The van der Waals surface area contributed by atoms with Crippen molar-refractivity contribution < 1.29 is 33.5 Å². The summed E-state index contributed by atoms with van der Waals surface area (Å²) in [5.74, 6) is -2.89. The first-order valence-electron chi connectivity index (χ1n) is 20.0. The van der Waals surface area contributed by atoms with E-state index in [9.17, 15) is 28.8 Å². The van der Waals surface area contributed by atoms with Crippen molar-refractivity contribution in [3.05, 3.63) is 24.3 Å². The van der Waals surface area contributed by atoms with Gasteiger partial charge in [-0.2, -0.15) is 0 Å². The lowest BCUT2D eigenvalue weighted by Gasteiger charge is -2.38. The number of esters is 1. The molecule has 0 bridgehead atoms. The number of fused-ring (bicyclic) bond motifs is 1. The Bertz CT molecular complexity index is 1690. The van der Waals surface area contributed by atoms with Crippen molar-refractivity contribution in [1.29, 1.82) is 0 Å². The Hall–Kier alpha value is -4.11. The fourth-order valence-electron chi connectivity index (χ4n) is 7.98. The van der Waals surface area contributed by atoms with E-state index >= 15 is 0 Å². The summed E-state index contributed by atoms with van der Waals surface area (Å²) in [7, 11) is 5.24. The third kappa shape index (κ3) is 10.4. The number of thiazole rings is 1. The maximum atomic E-state index is 14.4. The number of nitrogens with zero attached hydrogens (tertiary/aromatic N) is 5. The predicted molar refractivity (Wildman–Crippen MR) is 218 cm³/mol. The van der Waals surface area contributed by atoms with Crippen LogP contribution >= 0.6 is 11.3 Å². The van der Waals surface area contributed by atoms with Gasteiger partial charge in [-0.3, -0.25) is 28.9 Å². The zero-order valence-corrected chi connectivity index (χ0v) is 35.9. The molecule has 2 N–H and O–H groups in total. The van der Waals surface area contributed by atoms with E-state index in [0.717, 1.165) is 10.2 Å². The maximum Gasteiger partial charge on any atom is 0.329 e. The van der Waals surface area contributed by atoms with E-state index in [4.69, 9.17) is 4.74 Å². The van der Waals surface area contributed by atoms with Gasteiger partial charge in [0.05, 0.1) is 22.7 Å². The summed E-state index contributed by atoms with van der Waals surface area (Å²) in [6.07, 6.45) is 1.24. The SMILES string of the molecule is CC(C)C(CC(=O)Nc1nc2ccccc2s1)OC(=O)C1CCCN1C(=O)C1CCCN1C(=O)C(C(C)C)N(C)C(=O)C(NC(=O)C(C(C)C)N(C)C)C(C)C. The van der Waals surface area contributed by atoms with Crippen molar-refractivity contribution in [3.8, 4) is 0 Å². The molecule has 1 aromatic heterocycles. The van der Waals surface area contributed by atoms with Gasteiger partial charge in [0.15, 0.2) is 5.13 Å². The van der Waals surface area contributed by atoms with Crippen molar-refractivity contribution in [1.82, 2.24) is 29.9 Å². The molecule has 5 amide bonds. The molecule has 1 aromatic carbocycles. The molecule has 14 nitrogen and oxygen atoms in total. The van der Waals surface area contributed by atoms with E-state index in [-0.39, 0.29) is 59.6 Å². The number of hydrogen-bond acceptors (Lipinski definition) is 10. The van der Waals surface area contributed by atoms with Crippen LogP contribution in [-0.4, -0.2) is 131 Å². The Balaban J connectivity index is 1.44. The summed E-state index contributed by atoms with van der Waals surface area (Å²) >= 11 is 1.37. The second-order valence-corrected chi connectivity index (χ2v) is 17.9. The van der Waals surface area contributed by atoms with Crippen LogP contribution in [0.1, 0.15) is 87.5 Å². The minimum atomic E-state index is -0.885. The van der Waals surface area contributed by atoms with Gasteiger partial charge in [0.2, 0.25) is 29.5 Å². The summed E-state index contributed by atoms with van der Waals surface area (Å²) in [5.41, 5.74) is 0.786. The minimum Gasteiger partial charge on any atom is -0.460 e. The number of carbonyl (C=O) groups is 6. The number of likely N-dealkylation sites (N-methyl/N-ethyl adjacent to an activating group) is 2. The molecule has 2 saturated heterocycles. The van der Waals surface area contributed by atoms with Crippen LogP contribution in [0, 0.1) is 23.7 Å². The fourth-order valence-corrected chi connectivity index (χ4v) is 8.87. The minimum absolute atomic E-state index is 0.0105. The largest absolute Gasteiger partial charge is 0.460 e. The smallest absolute Gasteiger partial charge is 0.329 e. The zero-order chi connectivity index (χ0) is 41.6. The van der Waals surface area contributed by atoms with E-state index in [2.05, 4.69) is 15.6 Å². The normalized spacial score (nSPS) is 19.5. The van der Waals surface area contributed by atoms with Gasteiger partial charge in [-0.15, -0.1) is 0 Å². The van der Waals surface area contributed by atoms with E-state index in [1.165, 1.54) is 21.1 Å². The molecule has 2 aliphatic rings. The Morgan fingerprint density at radius 3 is 2.00 bits per heavy atom. The second kappa shape index (κ2) is 19.4. The number of likely N-dealkylation sites (tertiary alicyclic amines) is 2. The van der Waals surface area contributed by atoms with E-state index < -0.39 is 42.3 Å². The molecule has 6 unspecified atom stereocenters. The van der Waals surface area contributed by atoms with Crippen molar-refractivity contribution in [2.75, 3.05) is 39.5 Å². The Morgan fingerprint density at radius 2 is 1.43 bits per heavy atom. The quantitative estimate of drug-likeness (QED) is 0.235. The van der Waals surface area contributed by atoms with E-state index in [1.807, 2.05) is 98.7 Å². The third-order valence-corrected chi connectivity index (χ3v) is 11.9. The first-order chi connectivity index (χ1) is 26.3. The molecule has 2 aliphatic heterocycles. The van der Waals surface area contributed by atoms with E-state index in [1.54, 1.807) is 11.9 Å². The fraction of sp³-hybridized carbons (Fsp3) is 0.683. The van der Waals surface area contributed by atoms with Gasteiger partial charge in [0.1, 0.15) is 30.3 Å². The summed E-state index contributed by atoms with van der Waals surface area (Å²) in [5, 5.41) is 6.26. The molecular formula is C41H63N7O7S. The molecule has 15 heteroatoms. The van der Waals surface area contributed by atoms with Crippen molar-refractivity contribution >= 4 is 62.2 Å². The topological polar surface area (TPSA) is 162 Å². The number of carbonyl (C=O) groups excluding carboxylic acids is 6. The molecule has 310 valence electrons. The monoisotopic (exact) mass is 797 g/mol. The summed E-state index contributed by atoms with van der Waals surface area (Å²) in [4.78, 5) is 93.7. The maximum absolute atomic E-state index is 14.4. The average Bonchev–Trinajstić information content (AvgIpc) is 3.89. The molecule has 3 heterocycles. The number of benzene rings is 1. The van der Waals surface area contributed by atoms with Gasteiger partial charge < -0.3 is 30.1 Å². The highest BCUT2D eigenvalue weighted by Gasteiger charge is 2.46. The van der Waals surface area contributed by atoms with Gasteiger partial charge in [-0.25, -0.2) is 9.78 Å². The van der Waals surface area contributed by atoms with Crippen LogP contribution in [-0.2, 0) is 33.5 Å². The lowest BCUT2D eigenvalue weighted by Crippen LogP contribution is -2.61. The average molecular weight is 798 g/mol. The number of para-hydroxylation sites is 1. The highest BCUT2D eigenvalue weighted by Crippen LogP contribution is 2.30. The molecule has 0 radical (unpaired) electrons. The highest BCUT2D eigenvalue weighted by atomic mass is 32.1. The van der Waals surface area contributed by atoms with Crippen molar-refractivity contribution in [2.24, 2.45) is 23.7 Å². The number of aromatic nitrogens is 1. The van der Waals surface area contributed by atoms with Crippen LogP contribution in [0.5, 0.6) is 0 Å². The lowest BCUT2D eigenvalue weighted by molar-refractivity contribution is -0.162. The number of rotatable bonds is 16. The van der Waals surface area contributed by atoms with Gasteiger partial charge in [0.25, 0.3) is 0 Å². The first-order valence-corrected chi connectivity index (χ1v) is 20.9. The molecule has 56 heavy (non-hydrogen) atoms. The van der Waals surface area contributed by atoms with Crippen LogP contribution in [0.15, 0.2) is 24.3 Å². The molecular weight excluding hydrogens is 735 g/mol. The van der Waals surface area contributed by atoms with Crippen LogP contribution in [0.3, 0.4) is 0 Å². The molecule has 6 atom stereocenters. The number of ether oxygens (including phenoxy) is 1. The Morgan fingerprint density at radius 1 is 0.821 bits per heavy atom. The second-order valence-electron chi connectivity index (χ2n) is 16.9.